The number of hydrogen-bond donors (Lipinski definition) is 1. The van der Waals surface area contributed by atoms with Gasteiger partial charge in [-0.3, -0.25) is 4.79 Å². The van der Waals surface area contributed by atoms with Crippen molar-refractivity contribution in [2.75, 3.05) is 13.1 Å². The highest BCUT2D eigenvalue weighted by Crippen LogP contribution is 2.35. The maximum absolute atomic E-state index is 13.4. The second-order valence-electron chi connectivity index (χ2n) is 7.29. The third kappa shape index (κ3) is 5.16. The van der Waals surface area contributed by atoms with E-state index in [-0.39, 0.29) is 12.6 Å². The standard InChI is InChI=1S/C22H23F3N2O3S/c1-2-14-27(31(29,30)20-13-6-5-11-18(20)22(23,24)25)15-21(28)26-19-12-7-9-16-8-3-4-10-17(16)19/h2-6,8,10-11,13,19H,1,7,9,12,14-15H2,(H,26,28)/t19-/m0/s1. The summed E-state index contributed by atoms with van der Waals surface area (Å²) in [5.41, 5.74) is 0.821. The van der Waals surface area contributed by atoms with E-state index in [2.05, 4.69) is 11.9 Å². The average molecular weight is 452 g/mol. The van der Waals surface area contributed by atoms with E-state index >= 15 is 0 Å². The largest absolute Gasteiger partial charge is 0.417 e. The first kappa shape index (κ1) is 23.0. The molecule has 0 fully saturated rings. The summed E-state index contributed by atoms with van der Waals surface area (Å²) in [6.07, 6.45) is -1.15. The zero-order chi connectivity index (χ0) is 22.6. The van der Waals surface area contributed by atoms with E-state index in [0.29, 0.717) is 16.8 Å². The van der Waals surface area contributed by atoms with Crippen molar-refractivity contribution in [1.82, 2.24) is 9.62 Å². The van der Waals surface area contributed by atoms with Gasteiger partial charge in [-0.05, 0) is 42.5 Å². The maximum Gasteiger partial charge on any atom is 0.417 e. The van der Waals surface area contributed by atoms with Crippen LogP contribution in [-0.4, -0.2) is 31.7 Å². The van der Waals surface area contributed by atoms with Crippen LogP contribution in [0.15, 0.2) is 66.1 Å². The van der Waals surface area contributed by atoms with Gasteiger partial charge in [0.1, 0.15) is 0 Å². The van der Waals surface area contributed by atoms with Crippen molar-refractivity contribution in [3.05, 3.63) is 77.9 Å². The van der Waals surface area contributed by atoms with Gasteiger partial charge < -0.3 is 5.32 Å². The minimum absolute atomic E-state index is 0.270. The van der Waals surface area contributed by atoms with E-state index in [1.807, 2.05) is 24.3 Å². The number of carbonyl (C=O) groups is 1. The molecule has 0 unspecified atom stereocenters. The number of aryl methyl sites for hydroxylation is 1. The summed E-state index contributed by atoms with van der Waals surface area (Å²) in [6.45, 7) is 2.56. The van der Waals surface area contributed by atoms with Gasteiger partial charge in [0.25, 0.3) is 0 Å². The fourth-order valence-electron chi connectivity index (χ4n) is 3.76. The smallest absolute Gasteiger partial charge is 0.348 e. The van der Waals surface area contributed by atoms with Gasteiger partial charge in [-0.1, -0.05) is 42.5 Å². The van der Waals surface area contributed by atoms with Crippen LogP contribution in [-0.2, 0) is 27.4 Å². The Hall–Kier alpha value is -2.65. The molecule has 0 heterocycles. The van der Waals surface area contributed by atoms with Crippen molar-refractivity contribution in [1.29, 1.82) is 0 Å². The molecule has 1 amide bonds. The molecule has 3 rings (SSSR count). The topological polar surface area (TPSA) is 66.5 Å². The molecule has 0 saturated heterocycles. The van der Waals surface area contributed by atoms with E-state index in [9.17, 15) is 26.4 Å². The van der Waals surface area contributed by atoms with E-state index in [1.165, 1.54) is 12.1 Å². The number of alkyl halides is 3. The SMILES string of the molecule is C=CCN(CC(=O)N[C@H]1CCCc2ccccc21)S(=O)(=O)c1ccccc1C(F)(F)F. The highest BCUT2D eigenvalue weighted by molar-refractivity contribution is 7.89. The molecule has 0 bridgehead atoms. The Morgan fingerprint density at radius 2 is 1.84 bits per heavy atom. The Balaban J connectivity index is 1.84. The van der Waals surface area contributed by atoms with Crippen molar-refractivity contribution < 1.29 is 26.4 Å². The van der Waals surface area contributed by atoms with Crippen LogP contribution in [0.1, 0.15) is 35.6 Å². The zero-order valence-corrected chi connectivity index (χ0v) is 17.5. The fourth-order valence-corrected chi connectivity index (χ4v) is 5.34. The number of amides is 1. The lowest BCUT2D eigenvalue weighted by molar-refractivity contribution is -0.139. The molecule has 5 nitrogen and oxygen atoms in total. The molecule has 2 aromatic rings. The number of sulfonamides is 1. The third-order valence-electron chi connectivity index (χ3n) is 5.17. The van der Waals surface area contributed by atoms with Crippen molar-refractivity contribution in [2.24, 2.45) is 0 Å². The van der Waals surface area contributed by atoms with Gasteiger partial charge in [-0.25, -0.2) is 8.42 Å². The lowest BCUT2D eigenvalue weighted by atomic mass is 9.88. The molecule has 1 atom stereocenters. The highest BCUT2D eigenvalue weighted by atomic mass is 32.2. The quantitative estimate of drug-likeness (QED) is 0.644. The average Bonchev–Trinajstić information content (AvgIpc) is 2.73. The molecule has 9 heteroatoms. The van der Waals surface area contributed by atoms with Crippen LogP contribution in [0, 0.1) is 0 Å². The molecule has 1 aliphatic rings. The molecule has 0 aliphatic heterocycles. The van der Waals surface area contributed by atoms with Gasteiger partial charge in [0.05, 0.1) is 23.0 Å². The minimum Gasteiger partial charge on any atom is -0.348 e. The lowest BCUT2D eigenvalue weighted by Gasteiger charge is -2.28. The first-order valence-corrected chi connectivity index (χ1v) is 11.2. The third-order valence-corrected chi connectivity index (χ3v) is 7.04. The van der Waals surface area contributed by atoms with Gasteiger partial charge in [0.15, 0.2) is 0 Å². The van der Waals surface area contributed by atoms with Crippen LogP contribution >= 0.6 is 0 Å². The molecule has 31 heavy (non-hydrogen) atoms. The summed E-state index contributed by atoms with van der Waals surface area (Å²) in [4.78, 5) is 11.8. The predicted octanol–water partition coefficient (Wildman–Crippen LogP) is 4.08. The van der Waals surface area contributed by atoms with E-state index < -0.39 is 39.1 Å². The van der Waals surface area contributed by atoms with Gasteiger partial charge in [-0.2, -0.15) is 17.5 Å². The first-order valence-electron chi connectivity index (χ1n) is 9.79. The Morgan fingerprint density at radius 3 is 2.55 bits per heavy atom. The Kier molecular flexibility index (Phi) is 6.86. The number of nitrogens with one attached hydrogen (secondary N) is 1. The van der Waals surface area contributed by atoms with Crippen LogP contribution < -0.4 is 5.32 Å². The minimum atomic E-state index is -4.85. The van der Waals surface area contributed by atoms with Gasteiger partial charge in [0.2, 0.25) is 15.9 Å². The number of nitrogens with zero attached hydrogens (tertiary/aromatic N) is 1. The van der Waals surface area contributed by atoms with Crippen molar-refractivity contribution in [3.63, 3.8) is 0 Å². The second kappa shape index (κ2) is 9.23. The summed E-state index contributed by atoms with van der Waals surface area (Å²) >= 11 is 0. The Bertz CT molecular complexity index is 1070. The monoisotopic (exact) mass is 452 g/mol. The molecule has 0 radical (unpaired) electrons. The normalized spacial score (nSPS) is 16.6. The summed E-state index contributed by atoms with van der Waals surface area (Å²) in [6, 6.07) is 11.3. The summed E-state index contributed by atoms with van der Waals surface area (Å²) in [7, 11) is -4.59. The van der Waals surface area contributed by atoms with Crippen molar-refractivity contribution in [2.45, 2.75) is 36.4 Å². The summed E-state index contributed by atoms with van der Waals surface area (Å²) in [5.74, 6) is -0.586. The van der Waals surface area contributed by atoms with Crippen molar-refractivity contribution >= 4 is 15.9 Å². The maximum atomic E-state index is 13.4. The number of hydrogen-bond acceptors (Lipinski definition) is 3. The number of carbonyl (C=O) groups excluding carboxylic acids is 1. The van der Waals surface area contributed by atoms with Crippen molar-refractivity contribution in [3.8, 4) is 0 Å². The van der Waals surface area contributed by atoms with Gasteiger partial charge in [-0.15, -0.1) is 6.58 Å². The van der Waals surface area contributed by atoms with Crippen LogP contribution in [0.3, 0.4) is 0 Å². The zero-order valence-electron chi connectivity index (χ0n) is 16.7. The lowest BCUT2D eigenvalue weighted by Crippen LogP contribution is -2.42. The van der Waals surface area contributed by atoms with E-state index in [0.717, 1.165) is 36.1 Å². The Labute approximate surface area is 179 Å². The molecule has 0 spiro atoms. The molecule has 0 aromatic heterocycles. The summed E-state index contributed by atoms with van der Waals surface area (Å²) in [5, 5.41) is 2.83. The van der Waals surface area contributed by atoms with Crippen LogP contribution in [0.25, 0.3) is 0 Å². The number of rotatable bonds is 7. The van der Waals surface area contributed by atoms with Gasteiger partial charge in [0, 0.05) is 6.54 Å². The van der Waals surface area contributed by atoms with Crippen LogP contribution in [0.2, 0.25) is 0 Å². The van der Waals surface area contributed by atoms with E-state index in [4.69, 9.17) is 0 Å². The predicted molar refractivity (Wildman–Crippen MR) is 111 cm³/mol. The van der Waals surface area contributed by atoms with Crippen LogP contribution in [0.5, 0.6) is 0 Å². The van der Waals surface area contributed by atoms with Crippen LogP contribution in [0.4, 0.5) is 13.2 Å². The molecule has 1 N–H and O–H groups in total. The Morgan fingerprint density at radius 1 is 1.16 bits per heavy atom. The molecule has 2 aromatic carbocycles. The molecule has 166 valence electrons. The van der Waals surface area contributed by atoms with E-state index in [1.54, 1.807) is 0 Å². The number of fused-ring (bicyclic) bond motifs is 1. The molecule has 0 saturated carbocycles. The molecular weight excluding hydrogens is 429 g/mol. The molecular formula is C22H23F3N2O3S. The molecule has 1 aliphatic carbocycles. The fraction of sp³-hybridized carbons (Fsp3) is 0.318. The number of halogens is 3. The highest BCUT2D eigenvalue weighted by Gasteiger charge is 2.39. The second-order valence-corrected chi connectivity index (χ2v) is 9.20. The number of benzene rings is 2. The van der Waals surface area contributed by atoms with Gasteiger partial charge >= 0.3 is 6.18 Å². The summed E-state index contributed by atoms with van der Waals surface area (Å²) < 4.78 is 66.8. The first-order chi connectivity index (χ1) is 14.6.